The molecule has 1 aromatic heterocycles. The number of H-pyrrole nitrogens is 1. The number of aryl methyl sites for hydroxylation is 1. The largest absolute Gasteiger partial charge is 0.360 e. The summed E-state index contributed by atoms with van der Waals surface area (Å²) in [6, 6.07) is 18.3. The molecule has 5 nitrogen and oxygen atoms in total. The molecule has 0 atom stereocenters. The number of nitrogens with one attached hydrogen (secondary N) is 2. The van der Waals surface area contributed by atoms with Crippen molar-refractivity contribution >= 4 is 33.5 Å². The van der Waals surface area contributed by atoms with Crippen LogP contribution in [-0.4, -0.2) is 41.3 Å². The topological polar surface area (TPSA) is 65.2 Å². The summed E-state index contributed by atoms with van der Waals surface area (Å²) in [7, 11) is 0. The lowest BCUT2D eigenvalue weighted by atomic mass is 9.96. The summed E-state index contributed by atoms with van der Waals surface area (Å²) in [5, 5.41) is 6.06. The van der Waals surface area contributed by atoms with Gasteiger partial charge in [0.2, 0.25) is 5.91 Å². The number of rotatable bonds is 2. The first-order valence-corrected chi connectivity index (χ1v) is 9.77. The van der Waals surface area contributed by atoms with Gasteiger partial charge >= 0.3 is 0 Å². The summed E-state index contributed by atoms with van der Waals surface area (Å²) in [5.41, 5.74) is 5.26. The quantitative estimate of drug-likeness (QED) is 0.552. The molecule has 1 aliphatic rings. The number of piperazine rings is 1. The van der Waals surface area contributed by atoms with Gasteiger partial charge in [-0.3, -0.25) is 9.59 Å². The molecular weight excluding hydrogens is 362 g/mol. The minimum absolute atomic E-state index is 0.102. The standard InChI is InChI=1S/C24H21N3O2/c1-15-4-2-7-20-21(13-26-23(15)20)19-6-3-5-16-12-17(8-9-18(16)19)24(29)27-11-10-25-22(28)14-27/h2-9,12-13,26H,10-11,14H2,1H3,(H,25,28). The van der Waals surface area contributed by atoms with Crippen LogP contribution in [0.1, 0.15) is 15.9 Å². The van der Waals surface area contributed by atoms with Gasteiger partial charge in [-0.25, -0.2) is 0 Å². The van der Waals surface area contributed by atoms with Gasteiger partial charge in [0.1, 0.15) is 0 Å². The van der Waals surface area contributed by atoms with Crippen LogP contribution in [0.2, 0.25) is 0 Å². The van der Waals surface area contributed by atoms with Crippen molar-refractivity contribution in [3.8, 4) is 11.1 Å². The molecule has 29 heavy (non-hydrogen) atoms. The highest BCUT2D eigenvalue weighted by atomic mass is 16.2. The fourth-order valence-corrected chi connectivity index (χ4v) is 4.17. The zero-order valence-electron chi connectivity index (χ0n) is 16.2. The van der Waals surface area contributed by atoms with Gasteiger partial charge in [-0.05, 0) is 41.0 Å². The number of nitrogens with zero attached hydrogens (tertiary/aromatic N) is 1. The fraction of sp³-hybridized carbons (Fsp3) is 0.167. The molecule has 1 aliphatic heterocycles. The zero-order chi connectivity index (χ0) is 20.0. The molecule has 0 unspecified atom stereocenters. The predicted molar refractivity (Wildman–Crippen MR) is 115 cm³/mol. The van der Waals surface area contributed by atoms with Crippen LogP contribution in [0.3, 0.4) is 0 Å². The van der Waals surface area contributed by atoms with E-state index in [1.54, 1.807) is 4.90 Å². The highest BCUT2D eigenvalue weighted by Crippen LogP contribution is 2.35. The summed E-state index contributed by atoms with van der Waals surface area (Å²) in [4.78, 5) is 29.5. The summed E-state index contributed by atoms with van der Waals surface area (Å²) in [6.07, 6.45) is 2.05. The Morgan fingerprint density at radius 1 is 1.00 bits per heavy atom. The molecule has 5 rings (SSSR count). The third-order valence-electron chi connectivity index (χ3n) is 5.67. The van der Waals surface area contributed by atoms with E-state index >= 15 is 0 Å². The van der Waals surface area contributed by atoms with Crippen LogP contribution in [0.5, 0.6) is 0 Å². The number of hydrogen-bond donors (Lipinski definition) is 2. The first-order valence-electron chi connectivity index (χ1n) is 9.77. The zero-order valence-corrected chi connectivity index (χ0v) is 16.2. The van der Waals surface area contributed by atoms with Crippen molar-refractivity contribution in [3.63, 3.8) is 0 Å². The first kappa shape index (κ1) is 17.5. The molecule has 3 aromatic carbocycles. The van der Waals surface area contributed by atoms with E-state index in [1.165, 1.54) is 10.9 Å². The molecule has 5 heteroatoms. The molecule has 0 radical (unpaired) electrons. The average molecular weight is 383 g/mol. The Balaban J connectivity index is 1.58. The van der Waals surface area contributed by atoms with Crippen LogP contribution >= 0.6 is 0 Å². The Labute approximate surface area is 168 Å². The van der Waals surface area contributed by atoms with E-state index in [-0.39, 0.29) is 18.4 Å². The second kappa shape index (κ2) is 6.78. The van der Waals surface area contributed by atoms with Crippen molar-refractivity contribution in [1.82, 2.24) is 15.2 Å². The van der Waals surface area contributed by atoms with Crippen molar-refractivity contribution in [2.75, 3.05) is 19.6 Å². The van der Waals surface area contributed by atoms with Crippen molar-refractivity contribution in [1.29, 1.82) is 0 Å². The Kier molecular flexibility index (Phi) is 4.09. The number of carbonyl (C=O) groups is 2. The van der Waals surface area contributed by atoms with Crippen LogP contribution in [0.25, 0.3) is 32.8 Å². The van der Waals surface area contributed by atoms with Gasteiger partial charge in [0.15, 0.2) is 0 Å². The van der Waals surface area contributed by atoms with E-state index in [2.05, 4.69) is 47.7 Å². The van der Waals surface area contributed by atoms with E-state index in [0.29, 0.717) is 18.7 Å². The Bertz CT molecular complexity index is 1270. The second-order valence-electron chi connectivity index (χ2n) is 7.52. The van der Waals surface area contributed by atoms with Crippen molar-refractivity contribution in [2.24, 2.45) is 0 Å². The lowest BCUT2D eigenvalue weighted by Gasteiger charge is -2.26. The van der Waals surface area contributed by atoms with Gasteiger partial charge < -0.3 is 15.2 Å². The molecule has 4 aromatic rings. The molecule has 0 bridgehead atoms. The van der Waals surface area contributed by atoms with Gasteiger partial charge in [-0.1, -0.05) is 42.5 Å². The molecule has 1 fully saturated rings. The molecule has 0 saturated carbocycles. The lowest BCUT2D eigenvalue weighted by molar-refractivity contribution is -0.123. The van der Waals surface area contributed by atoms with Crippen molar-refractivity contribution < 1.29 is 9.59 Å². The minimum Gasteiger partial charge on any atom is -0.360 e. The molecule has 2 heterocycles. The maximum Gasteiger partial charge on any atom is 0.254 e. The lowest BCUT2D eigenvalue weighted by Crippen LogP contribution is -2.49. The number of amides is 2. The van der Waals surface area contributed by atoms with E-state index in [1.807, 2.05) is 30.3 Å². The van der Waals surface area contributed by atoms with E-state index in [0.717, 1.165) is 27.4 Å². The van der Waals surface area contributed by atoms with Gasteiger partial charge in [0.25, 0.3) is 5.91 Å². The van der Waals surface area contributed by atoms with Crippen LogP contribution < -0.4 is 5.32 Å². The van der Waals surface area contributed by atoms with Crippen molar-refractivity contribution in [2.45, 2.75) is 6.92 Å². The molecule has 144 valence electrons. The van der Waals surface area contributed by atoms with Crippen LogP contribution in [0, 0.1) is 6.92 Å². The Morgan fingerprint density at radius 2 is 1.86 bits per heavy atom. The molecule has 2 N–H and O–H groups in total. The number of aromatic nitrogens is 1. The van der Waals surface area contributed by atoms with E-state index < -0.39 is 0 Å². The maximum absolute atomic E-state index is 12.9. The summed E-state index contributed by atoms with van der Waals surface area (Å²) >= 11 is 0. The van der Waals surface area contributed by atoms with Crippen molar-refractivity contribution in [3.05, 3.63) is 71.9 Å². The van der Waals surface area contributed by atoms with Crippen LogP contribution in [0.4, 0.5) is 0 Å². The van der Waals surface area contributed by atoms with Gasteiger partial charge in [-0.15, -0.1) is 0 Å². The Morgan fingerprint density at radius 3 is 2.72 bits per heavy atom. The first-order chi connectivity index (χ1) is 14.1. The average Bonchev–Trinajstić information content (AvgIpc) is 3.18. The predicted octanol–water partition coefficient (Wildman–Crippen LogP) is 3.87. The smallest absolute Gasteiger partial charge is 0.254 e. The third-order valence-corrected chi connectivity index (χ3v) is 5.67. The number of fused-ring (bicyclic) bond motifs is 2. The Hall–Kier alpha value is -3.60. The fourth-order valence-electron chi connectivity index (χ4n) is 4.17. The molecule has 0 aliphatic carbocycles. The van der Waals surface area contributed by atoms with Gasteiger partial charge in [-0.2, -0.15) is 0 Å². The number of aromatic amines is 1. The number of carbonyl (C=O) groups excluding carboxylic acids is 2. The van der Waals surface area contributed by atoms with E-state index in [4.69, 9.17) is 0 Å². The summed E-state index contributed by atoms with van der Waals surface area (Å²) < 4.78 is 0. The number of para-hydroxylation sites is 1. The number of hydrogen-bond acceptors (Lipinski definition) is 2. The van der Waals surface area contributed by atoms with E-state index in [9.17, 15) is 9.59 Å². The SMILES string of the molecule is Cc1cccc2c(-c3cccc4cc(C(=O)N5CCNC(=O)C5)ccc34)c[nH]c12. The second-order valence-corrected chi connectivity index (χ2v) is 7.52. The normalized spacial score (nSPS) is 14.4. The van der Waals surface area contributed by atoms with Crippen LogP contribution in [-0.2, 0) is 4.79 Å². The highest BCUT2D eigenvalue weighted by Gasteiger charge is 2.22. The molecule has 1 saturated heterocycles. The van der Waals surface area contributed by atoms with Gasteiger partial charge in [0, 0.05) is 41.3 Å². The minimum atomic E-state index is -0.109. The molecule has 2 amide bonds. The van der Waals surface area contributed by atoms with Crippen LogP contribution in [0.15, 0.2) is 60.8 Å². The number of benzene rings is 3. The monoisotopic (exact) mass is 383 g/mol. The summed E-state index contributed by atoms with van der Waals surface area (Å²) in [5.74, 6) is -0.211. The molecule has 0 spiro atoms. The summed E-state index contributed by atoms with van der Waals surface area (Å²) in [6.45, 7) is 3.26. The third kappa shape index (κ3) is 2.95. The van der Waals surface area contributed by atoms with Gasteiger partial charge in [0.05, 0.1) is 6.54 Å². The molecular formula is C24H21N3O2. The highest BCUT2D eigenvalue weighted by molar-refractivity contribution is 6.07. The maximum atomic E-state index is 12.9.